The Labute approximate surface area is 167 Å². The molecule has 2 atom stereocenters. The molecule has 29 heavy (non-hydrogen) atoms. The molecule has 4 bridgehead atoms. The average molecular weight is 396 g/mol. The normalized spacial score (nSPS) is 32.0. The van der Waals surface area contributed by atoms with E-state index in [-0.39, 0.29) is 17.3 Å². The van der Waals surface area contributed by atoms with Gasteiger partial charge in [-0.15, -0.1) is 0 Å². The molecule has 4 saturated carbocycles. The van der Waals surface area contributed by atoms with Crippen molar-refractivity contribution >= 4 is 11.9 Å². The SMILES string of the molecule is O=C(NC12CC3CC(C1)CC(OC(=O)c1cnccn1)(C3)C2)c1ccc(F)cn1. The van der Waals surface area contributed by atoms with E-state index in [1.54, 1.807) is 0 Å². The number of hydrogen-bond acceptors (Lipinski definition) is 6. The molecule has 150 valence electrons. The number of carbonyl (C=O) groups excluding carboxylic acids is 2. The van der Waals surface area contributed by atoms with Crippen LogP contribution in [0.25, 0.3) is 0 Å². The molecule has 0 spiro atoms. The molecule has 1 amide bonds. The summed E-state index contributed by atoms with van der Waals surface area (Å²) in [6.07, 6.45) is 10.4. The summed E-state index contributed by atoms with van der Waals surface area (Å²) < 4.78 is 19.1. The van der Waals surface area contributed by atoms with Crippen molar-refractivity contribution in [1.82, 2.24) is 20.3 Å². The molecule has 4 aliphatic carbocycles. The molecule has 1 N–H and O–H groups in total. The molecule has 0 saturated heterocycles. The van der Waals surface area contributed by atoms with Crippen molar-refractivity contribution in [3.63, 3.8) is 0 Å². The van der Waals surface area contributed by atoms with Crippen LogP contribution in [0.3, 0.4) is 0 Å². The third kappa shape index (κ3) is 3.36. The first-order valence-electron chi connectivity index (χ1n) is 9.88. The Morgan fingerprint density at radius 1 is 1.03 bits per heavy atom. The van der Waals surface area contributed by atoms with Gasteiger partial charge in [-0.25, -0.2) is 19.2 Å². The van der Waals surface area contributed by atoms with Gasteiger partial charge in [0, 0.05) is 24.4 Å². The maximum atomic E-state index is 13.1. The molecule has 6 rings (SSSR count). The molecular weight excluding hydrogens is 375 g/mol. The van der Waals surface area contributed by atoms with Gasteiger partial charge in [0.05, 0.1) is 12.4 Å². The molecule has 7 nitrogen and oxygen atoms in total. The fourth-order valence-electron chi connectivity index (χ4n) is 5.91. The molecule has 2 heterocycles. The average Bonchev–Trinajstić information content (AvgIpc) is 2.67. The van der Waals surface area contributed by atoms with Gasteiger partial charge in [-0.3, -0.25) is 9.78 Å². The quantitative estimate of drug-likeness (QED) is 0.799. The summed E-state index contributed by atoms with van der Waals surface area (Å²) in [6, 6.07) is 2.61. The van der Waals surface area contributed by atoms with Gasteiger partial charge in [0.1, 0.15) is 17.1 Å². The molecule has 4 aliphatic rings. The lowest BCUT2D eigenvalue weighted by Gasteiger charge is -2.61. The van der Waals surface area contributed by atoms with E-state index in [0.29, 0.717) is 18.3 Å². The molecule has 0 aliphatic heterocycles. The second-order valence-corrected chi connectivity index (χ2v) is 8.72. The number of ether oxygens (including phenoxy) is 1. The zero-order valence-corrected chi connectivity index (χ0v) is 15.8. The van der Waals surface area contributed by atoms with E-state index in [4.69, 9.17) is 4.74 Å². The Hall–Kier alpha value is -2.90. The van der Waals surface area contributed by atoms with Crippen LogP contribution in [-0.2, 0) is 4.74 Å². The summed E-state index contributed by atoms with van der Waals surface area (Å²) in [5.74, 6) is -0.477. The zero-order valence-electron chi connectivity index (χ0n) is 15.8. The molecule has 4 fully saturated rings. The number of esters is 1. The first-order chi connectivity index (χ1) is 13.9. The first kappa shape index (κ1) is 18.1. The van der Waals surface area contributed by atoms with Crippen molar-refractivity contribution in [3.8, 4) is 0 Å². The molecule has 2 aromatic heterocycles. The van der Waals surface area contributed by atoms with Crippen LogP contribution in [0.5, 0.6) is 0 Å². The number of nitrogens with one attached hydrogen (secondary N) is 1. The van der Waals surface area contributed by atoms with Crippen LogP contribution in [0, 0.1) is 17.7 Å². The minimum Gasteiger partial charge on any atom is -0.454 e. The molecule has 2 unspecified atom stereocenters. The summed E-state index contributed by atoms with van der Waals surface area (Å²) in [7, 11) is 0. The van der Waals surface area contributed by atoms with Crippen molar-refractivity contribution in [2.75, 3.05) is 0 Å². The van der Waals surface area contributed by atoms with Crippen LogP contribution in [-0.4, -0.2) is 38.0 Å². The van der Waals surface area contributed by atoms with E-state index in [1.165, 1.54) is 30.7 Å². The fourth-order valence-corrected chi connectivity index (χ4v) is 5.91. The van der Waals surface area contributed by atoms with Crippen LogP contribution in [0.4, 0.5) is 4.39 Å². The van der Waals surface area contributed by atoms with Crippen LogP contribution >= 0.6 is 0 Å². The van der Waals surface area contributed by atoms with Gasteiger partial charge in [-0.2, -0.15) is 0 Å². The van der Waals surface area contributed by atoms with Crippen molar-refractivity contribution in [2.45, 2.75) is 49.7 Å². The minimum absolute atomic E-state index is 0.188. The van der Waals surface area contributed by atoms with Crippen molar-refractivity contribution < 1.29 is 18.7 Å². The van der Waals surface area contributed by atoms with E-state index < -0.39 is 22.9 Å². The van der Waals surface area contributed by atoms with Crippen LogP contribution in [0.2, 0.25) is 0 Å². The van der Waals surface area contributed by atoms with E-state index in [2.05, 4.69) is 20.3 Å². The van der Waals surface area contributed by atoms with Gasteiger partial charge < -0.3 is 10.1 Å². The summed E-state index contributed by atoms with van der Waals surface area (Å²) >= 11 is 0. The molecule has 0 radical (unpaired) electrons. The van der Waals surface area contributed by atoms with Crippen molar-refractivity contribution in [2.24, 2.45) is 11.8 Å². The van der Waals surface area contributed by atoms with E-state index >= 15 is 0 Å². The Bertz CT molecular complexity index is 936. The van der Waals surface area contributed by atoms with Crippen LogP contribution < -0.4 is 5.32 Å². The van der Waals surface area contributed by atoms with Gasteiger partial charge in [0.25, 0.3) is 5.91 Å². The molecule has 2 aromatic rings. The zero-order chi connectivity index (χ0) is 20.1. The lowest BCUT2D eigenvalue weighted by atomic mass is 9.51. The Balaban J connectivity index is 1.37. The monoisotopic (exact) mass is 396 g/mol. The Kier molecular flexibility index (Phi) is 4.11. The Morgan fingerprint density at radius 3 is 2.48 bits per heavy atom. The highest BCUT2D eigenvalue weighted by Crippen LogP contribution is 2.59. The second kappa shape index (κ2) is 6.57. The summed E-state index contributed by atoms with van der Waals surface area (Å²) in [4.78, 5) is 37.3. The highest BCUT2D eigenvalue weighted by atomic mass is 19.1. The summed E-state index contributed by atoms with van der Waals surface area (Å²) in [5.41, 5.74) is -0.646. The minimum atomic E-state index is -0.595. The number of nitrogens with zero attached hydrogens (tertiary/aromatic N) is 3. The van der Waals surface area contributed by atoms with Crippen molar-refractivity contribution in [3.05, 3.63) is 54.1 Å². The number of halogens is 1. The smallest absolute Gasteiger partial charge is 0.359 e. The predicted octanol–water partition coefficient (Wildman–Crippen LogP) is 2.69. The standard InChI is InChI=1S/C21H21FN4O3/c22-15-1-2-16(25-10-15)18(27)26-20-6-13-5-14(7-20)9-21(8-13,12-20)29-19(28)17-11-23-3-4-24-17/h1-4,10-11,13-14H,5-9,12H2,(H,26,27). The third-order valence-electron chi connectivity index (χ3n) is 6.43. The van der Waals surface area contributed by atoms with E-state index in [1.807, 2.05) is 0 Å². The van der Waals surface area contributed by atoms with Gasteiger partial charge in [0.2, 0.25) is 0 Å². The number of hydrogen-bond donors (Lipinski definition) is 1. The van der Waals surface area contributed by atoms with Crippen molar-refractivity contribution in [1.29, 1.82) is 0 Å². The number of aromatic nitrogens is 3. The lowest BCUT2D eigenvalue weighted by Crippen LogP contribution is -2.66. The fraction of sp³-hybridized carbons (Fsp3) is 0.476. The highest BCUT2D eigenvalue weighted by molar-refractivity contribution is 5.92. The number of pyridine rings is 1. The highest BCUT2D eigenvalue weighted by Gasteiger charge is 2.60. The molecule has 8 heteroatoms. The van der Waals surface area contributed by atoms with Crippen LogP contribution in [0.15, 0.2) is 36.9 Å². The van der Waals surface area contributed by atoms with Gasteiger partial charge in [-0.1, -0.05) is 0 Å². The Morgan fingerprint density at radius 2 is 1.83 bits per heavy atom. The number of amides is 1. The van der Waals surface area contributed by atoms with E-state index in [0.717, 1.165) is 38.3 Å². The van der Waals surface area contributed by atoms with E-state index in [9.17, 15) is 14.0 Å². The predicted molar refractivity (Wildman–Crippen MR) is 99.3 cm³/mol. The largest absolute Gasteiger partial charge is 0.454 e. The summed E-state index contributed by atoms with van der Waals surface area (Å²) in [5, 5.41) is 3.15. The number of rotatable bonds is 4. The third-order valence-corrected chi connectivity index (χ3v) is 6.43. The maximum Gasteiger partial charge on any atom is 0.359 e. The number of carbonyl (C=O) groups is 2. The molecule has 0 aromatic carbocycles. The van der Waals surface area contributed by atoms with Gasteiger partial charge in [0.15, 0.2) is 5.69 Å². The lowest BCUT2D eigenvalue weighted by molar-refractivity contribution is -0.144. The van der Waals surface area contributed by atoms with Gasteiger partial charge >= 0.3 is 5.97 Å². The second-order valence-electron chi connectivity index (χ2n) is 8.72. The van der Waals surface area contributed by atoms with Gasteiger partial charge in [-0.05, 0) is 56.1 Å². The van der Waals surface area contributed by atoms with Crippen LogP contribution in [0.1, 0.15) is 59.5 Å². The summed E-state index contributed by atoms with van der Waals surface area (Å²) in [6.45, 7) is 0. The molecular formula is C21H21FN4O3. The maximum absolute atomic E-state index is 13.1. The first-order valence-corrected chi connectivity index (χ1v) is 9.88. The topological polar surface area (TPSA) is 94.1 Å².